The molecular weight excluding hydrogens is 425 g/mol. The summed E-state index contributed by atoms with van der Waals surface area (Å²) in [5.41, 5.74) is 1.71. The van der Waals surface area contributed by atoms with Gasteiger partial charge in [0.05, 0.1) is 26.2 Å². The summed E-state index contributed by atoms with van der Waals surface area (Å²) in [5, 5.41) is 8.35. The maximum absolute atomic E-state index is 12.5. The van der Waals surface area contributed by atoms with Crippen LogP contribution >= 0.6 is 23.2 Å². The third kappa shape index (κ3) is 5.90. The van der Waals surface area contributed by atoms with Gasteiger partial charge in [-0.1, -0.05) is 35.3 Å². The van der Waals surface area contributed by atoms with Gasteiger partial charge in [-0.15, -0.1) is 0 Å². The molecule has 0 saturated carbocycles. The lowest BCUT2D eigenvalue weighted by molar-refractivity contribution is -0.115. The molecule has 0 fully saturated rings. The summed E-state index contributed by atoms with van der Waals surface area (Å²) in [6.07, 6.45) is 1.98. The molecule has 6 nitrogen and oxygen atoms in total. The van der Waals surface area contributed by atoms with E-state index in [0.29, 0.717) is 47.1 Å². The van der Waals surface area contributed by atoms with Crippen LogP contribution < -0.4 is 14.8 Å². The fourth-order valence-corrected chi connectivity index (χ4v) is 3.39. The van der Waals surface area contributed by atoms with Gasteiger partial charge in [0.1, 0.15) is 0 Å². The maximum atomic E-state index is 12.5. The fraction of sp³-hybridized carbons (Fsp3) is 0.273. The average molecular weight is 448 g/mol. The molecule has 0 aliphatic rings. The highest BCUT2D eigenvalue weighted by molar-refractivity contribution is 6.35. The molecule has 3 rings (SSSR count). The second-order valence-electron chi connectivity index (χ2n) is 6.51. The summed E-state index contributed by atoms with van der Waals surface area (Å²) < 4.78 is 12.9. The molecule has 8 heteroatoms. The molecule has 2 aromatic carbocycles. The summed E-state index contributed by atoms with van der Waals surface area (Å²) in [7, 11) is 0. The molecule has 158 valence electrons. The molecule has 0 aliphatic heterocycles. The van der Waals surface area contributed by atoms with Gasteiger partial charge in [0.15, 0.2) is 17.3 Å². The predicted octanol–water partition coefficient (Wildman–Crippen LogP) is 5.22. The summed E-state index contributed by atoms with van der Waals surface area (Å²) in [5.74, 6) is 1.61. The molecule has 0 atom stereocenters. The second-order valence-corrected chi connectivity index (χ2v) is 7.35. The van der Waals surface area contributed by atoms with Crippen LogP contribution in [0.15, 0.2) is 48.7 Å². The minimum Gasteiger partial charge on any atom is -0.490 e. The van der Waals surface area contributed by atoms with E-state index in [0.717, 1.165) is 11.1 Å². The fourth-order valence-electron chi connectivity index (χ4n) is 2.92. The van der Waals surface area contributed by atoms with Crippen LogP contribution in [0.1, 0.15) is 25.0 Å². The van der Waals surface area contributed by atoms with E-state index in [1.807, 2.05) is 38.1 Å². The smallest absolute Gasteiger partial charge is 0.229 e. The number of carbonyl (C=O) groups excluding carboxylic acids is 1. The first-order chi connectivity index (χ1) is 14.5. The molecule has 1 heterocycles. The van der Waals surface area contributed by atoms with Crippen LogP contribution in [0.2, 0.25) is 10.0 Å². The van der Waals surface area contributed by atoms with Gasteiger partial charge < -0.3 is 14.8 Å². The van der Waals surface area contributed by atoms with Crippen LogP contribution in [-0.2, 0) is 17.8 Å². The zero-order valence-corrected chi connectivity index (χ0v) is 18.3. The molecule has 0 radical (unpaired) electrons. The number of anilines is 1. The van der Waals surface area contributed by atoms with Crippen LogP contribution in [0.4, 0.5) is 5.82 Å². The highest BCUT2D eigenvalue weighted by Gasteiger charge is 2.11. The Kier molecular flexibility index (Phi) is 7.60. The van der Waals surface area contributed by atoms with E-state index in [2.05, 4.69) is 10.4 Å². The van der Waals surface area contributed by atoms with Gasteiger partial charge in [-0.25, -0.2) is 0 Å². The van der Waals surface area contributed by atoms with Crippen molar-refractivity contribution in [2.75, 3.05) is 18.5 Å². The SMILES string of the molecule is CCOc1ccc(CC(=O)Nc2ccn(Cc3ccc(Cl)cc3Cl)n2)cc1OCC. The molecule has 1 amide bonds. The quantitative estimate of drug-likeness (QED) is 0.488. The lowest BCUT2D eigenvalue weighted by Gasteiger charge is -2.12. The molecule has 0 aliphatic carbocycles. The molecule has 0 bridgehead atoms. The highest BCUT2D eigenvalue weighted by atomic mass is 35.5. The Morgan fingerprint density at radius 2 is 1.80 bits per heavy atom. The summed E-state index contributed by atoms with van der Waals surface area (Å²) in [6.45, 7) is 5.36. The van der Waals surface area contributed by atoms with Gasteiger partial charge in [-0.2, -0.15) is 5.10 Å². The number of hydrogen-bond acceptors (Lipinski definition) is 4. The van der Waals surface area contributed by atoms with E-state index in [1.54, 1.807) is 29.1 Å². The highest BCUT2D eigenvalue weighted by Crippen LogP contribution is 2.29. The minimum absolute atomic E-state index is 0.170. The van der Waals surface area contributed by atoms with Crippen molar-refractivity contribution in [1.82, 2.24) is 9.78 Å². The number of nitrogens with one attached hydrogen (secondary N) is 1. The summed E-state index contributed by atoms with van der Waals surface area (Å²) >= 11 is 12.1. The Hall–Kier alpha value is -2.70. The number of benzene rings is 2. The van der Waals surface area contributed by atoms with Crippen molar-refractivity contribution in [3.8, 4) is 11.5 Å². The Morgan fingerprint density at radius 1 is 1.03 bits per heavy atom. The molecule has 1 aromatic heterocycles. The number of halogens is 2. The van der Waals surface area contributed by atoms with Crippen LogP contribution in [0.3, 0.4) is 0 Å². The van der Waals surface area contributed by atoms with E-state index in [4.69, 9.17) is 32.7 Å². The first kappa shape index (κ1) is 22.0. The first-order valence-corrected chi connectivity index (χ1v) is 10.4. The van der Waals surface area contributed by atoms with Crippen LogP contribution in [0.25, 0.3) is 0 Å². The Labute approximate surface area is 185 Å². The van der Waals surface area contributed by atoms with Crippen molar-refractivity contribution >= 4 is 34.9 Å². The van der Waals surface area contributed by atoms with Crippen molar-refractivity contribution in [3.63, 3.8) is 0 Å². The Morgan fingerprint density at radius 3 is 2.53 bits per heavy atom. The zero-order valence-electron chi connectivity index (χ0n) is 16.8. The molecule has 30 heavy (non-hydrogen) atoms. The second kappa shape index (κ2) is 10.4. The number of rotatable bonds is 9. The Bertz CT molecular complexity index is 1020. The van der Waals surface area contributed by atoms with Crippen molar-refractivity contribution < 1.29 is 14.3 Å². The maximum Gasteiger partial charge on any atom is 0.229 e. The normalized spacial score (nSPS) is 10.7. The molecule has 1 N–H and O–H groups in total. The van der Waals surface area contributed by atoms with E-state index >= 15 is 0 Å². The van der Waals surface area contributed by atoms with Crippen molar-refractivity contribution in [2.45, 2.75) is 26.8 Å². The number of ether oxygens (including phenoxy) is 2. The summed E-state index contributed by atoms with van der Waals surface area (Å²) in [6, 6.07) is 12.6. The van der Waals surface area contributed by atoms with Gasteiger partial charge in [-0.05, 0) is 49.2 Å². The largest absolute Gasteiger partial charge is 0.490 e. The molecule has 0 unspecified atom stereocenters. The monoisotopic (exact) mass is 447 g/mol. The van der Waals surface area contributed by atoms with Gasteiger partial charge in [0.2, 0.25) is 5.91 Å². The average Bonchev–Trinajstić information content (AvgIpc) is 3.13. The van der Waals surface area contributed by atoms with Gasteiger partial charge in [0.25, 0.3) is 0 Å². The van der Waals surface area contributed by atoms with Crippen LogP contribution in [0.5, 0.6) is 11.5 Å². The first-order valence-electron chi connectivity index (χ1n) is 9.64. The minimum atomic E-state index is -0.170. The number of carbonyl (C=O) groups is 1. The Balaban J connectivity index is 1.62. The molecule has 0 saturated heterocycles. The topological polar surface area (TPSA) is 65.4 Å². The van der Waals surface area contributed by atoms with E-state index < -0.39 is 0 Å². The number of nitrogens with zero attached hydrogens (tertiary/aromatic N) is 2. The van der Waals surface area contributed by atoms with Crippen molar-refractivity contribution in [1.29, 1.82) is 0 Å². The van der Waals surface area contributed by atoms with Gasteiger partial charge in [-0.3, -0.25) is 9.48 Å². The van der Waals surface area contributed by atoms with E-state index in [-0.39, 0.29) is 12.3 Å². The standard InChI is InChI=1S/C22H23Cl2N3O3/c1-3-29-19-8-5-15(11-20(19)30-4-2)12-22(28)25-21-9-10-27(26-21)14-16-6-7-17(23)13-18(16)24/h5-11,13H,3-4,12,14H2,1-2H3,(H,25,26,28). The molecule has 0 spiro atoms. The number of aromatic nitrogens is 2. The van der Waals surface area contributed by atoms with Crippen molar-refractivity contribution in [3.05, 3.63) is 69.8 Å². The van der Waals surface area contributed by atoms with Crippen LogP contribution in [0, 0.1) is 0 Å². The van der Waals surface area contributed by atoms with Crippen molar-refractivity contribution in [2.24, 2.45) is 0 Å². The van der Waals surface area contributed by atoms with E-state index in [1.165, 1.54) is 0 Å². The lowest BCUT2D eigenvalue weighted by atomic mass is 10.1. The lowest BCUT2D eigenvalue weighted by Crippen LogP contribution is -2.15. The number of hydrogen-bond donors (Lipinski definition) is 1. The van der Waals surface area contributed by atoms with Gasteiger partial charge >= 0.3 is 0 Å². The van der Waals surface area contributed by atoms with Gasteiger partial charge in [0, 0.05) is 22.3 Å². The number of amides is 1. The molecule has 3 aromatic rings. The molecular formula is C22H23Cl2N3O3. The van der Waals surface area contributed by atoms with E-state index in [9.17, 15) is 4.79 Å². The summed E-state index contributed by atoms with van der Waals surface area (Å²) in [4.78, 5) is 12.5. The third-order valence-corrected chi connectivity index (χ3v) is 4.82. The predicted molar refractivity (Wildman–Crippen MR) is 119 cm³/mol. The zero-order chi connectivity index (χ0) is 21.5. The third-order valence-electron chi connectivity index (χ3n) is 4.23. The van der Waals surface area contributed by atoms with Crippen LogP contribution in [-0.4, -0.2) is 28.9 Å².